The Morgan fingerprint density at radius 1 is 1.18 bits per heavy atom. The Morgan fingerprint density at radius 2 is 1.77 bits per heavy atom. The van der Waals surface area contributed by atoms with Crippen molar-refractivity contribution in [3.8, 4) is 0 Å². The van der Waals surface area contributed by atoms with Gasteiger partial charge in [0.25, 0.3) is 0 Å². The third-order valence-corrected chi connectivity index (χ3v) is 3.83. The van der Waals surface area contributed by atoms with Gasteiger partial charge in [0.05, 0.1) is 17.6 Å². The van der Waals surface area contributed by atoms with Crippen LogP contribution in [-0.2, 0) is 10.4 Å². The molecule has 1 aromatic rings. The van der Waals surface area contributed by atoms with Crippen LogP contribution >= 0.6 is 0 Å². The summed E-state index contributed by atoms with van der Waals surface area (Å²) in [6.45, 7) is 7.75. The van der Waals surface area contributed by atoms with E-state index in [1.807, 2.05) is 18.2 Å². The standard InChI is InChI=1S/C18H29NO3/c1-14(2)10-11-17(3,21)13-19-16(20)12-18(4,22)15-8-6-5-7-9-15/h5-9,14,21-22H,10-13H2,1-4H3,(H,19,20). The Balaban J connectivity index is 2.49. The lowest BCUT2D eigenvalue weighted by Gasteiger charge is -2.27. The molecule has 4 nitrogen and oxygen atoms in total. The number of nitrogens with one attached hydrogen (secondary N) is 1. The second kappa shape index (κ2) is 7.75. The first-order valence-corrected chi connectivity index (χ1v) is 7.89. The molecule has 22 heavy (non-hydrogen) atoms. The summed E-state index contributed by atoms with van der Waals surface area (Å²) in [5, 5.41) is 23.4. The molecule has 0 heterocycles. The summed E-state index contributed by atoms with van der Waals surface area (Å²) < 4.78 is 0. The number of hydrogen-bond donors (Lipinski definition) is 3. The molecule has 3 N–H and O–H groups in total. The van der Waals surface area contributed by atoms with Gasteiger partial charge in [0.15, 0.2) is 0 Å². The van der Waals surface area contributed by atoms with Crippen molar-refractivity contribution >= 4 is 5.91 Å². The van der Waals surface area contributed by atoms with Crippen molar-refractivity contribution in [2.45, 2.75) is 58.2 Å². The monoisotopic (exact) mass is 307 g/mol. The van der Waals surface area contributed by atoms with Crippen LogP contribution in [0.2, 0.25) is 0 Å². The van der Waals surface area contributed by atoms with Crippen LogP contribution in [0.15, 0.2) is 30.3 Å². The molecular formula is C18H29NO3. The highest BCUT2D eigenvalue weighted by atomic mass is 16.3. The molecule has 0 aliphatic rings. The summed E-state index contributed by atoms with van der Waals surface area (Å²) >= 11 is 0. The van der Waals surface area contributed by atoms with Crippen LogP contribution in [0.4, 0.5) is 0 Å². The quantitative estimate of drug-likeness (QED) is 0.691. The van der Waals surface area contributed by atoms with Crippen LogP contribution in [0.3, 0.4) is 0 Å². The summed E-state index contributed by atoms with van der Waals surface area (Å²) in [7, 11) is 0. The Labute approximate surface area is 133 Å². The number of rotatable bonds is 8. The zero-order valence-electron chi connectivity index (χ0n) is 14.1. The fourth-order valence-electron chi connectivity index (χ4n) is 2.25. The van der Waals surface area contributed by atoms with E-state index in [4.69, 9.17) is 0 Å². The Morgan fingerprint density at radius 3 is 2.32 bits per heavy atom. The maximum Gasteiger partial charge on any atom is 0.223 e. The van der Waals surface area contributed by atoms with Gasteiger partial charge in [-0.1, -0.05) is 44.2 Å². The molecule has 0 radical (unpaired) electrons. The SMILES string of the molecule is CC(C)CCC(C)(O)CNC(=O)CC(C)(O)c1ccccc1. The molecule has 0 aromatic heterocycles. The van der Waals surface area contributed by atoms with Crippen molar-refractivity contribution < 1.29 is 15.0 Å². The van der Waals surface area contributed by atoms with E-state index in [0.717, 1.165) is 6.42 Å². The van der Waals surface area contributed by atoms with Gasteiger partial charge in [0.2, 0.25) is 5.91 Å². The molecule has 0 aliphatic heterocycles. The first-order valence-electron chi connectivity index (χ1n) is 7.89. The fourth-order valence-corrected chi connectivity index (χ4v) is 2.25. The fraction of sp³-hybridized carbons (Fsp3) is 0.611. The molecule has 0 fully saturated rings. The number of aliphatic hydroxyl groups is 2. The van der Waals surface area contributed by atoms with E-state index in [0.29, 0.717) is 17.9 Å². The Kier molecular flexibility index (Phi) is 6.57. The van der Waals surface area contributed by atoms with Crippen molar-refractivity contribution in [3.05, 3.63) is 35.9 Å². The van der Waals surface area contributed by atoms with Crippen molar-refractivity contribution in [3.63, 3.8) is 0 Å². The van der Waals surface area contributed by atoms with Crippen LogP contribution in [0.25, 0.3) is 0 Å². The van der Waals surface area contributed by atoms with E-state index < -0.39 is 11.2 Å². The van der Waals surface area contributed by atoms with Gasteiger partial charge in [-0.25, -0.2) is 0 Å². The predicted molar refractivity (Wildman–Crippen MR) is 88.3 cm³/mol. The van der Waals surface area contributed by atoms with E-state index in [2.05, 4.69) is 19.2 Å². The highest BCUT2D eigenvalue weighted by Crippen LogP contribution is 2.24. The van der Waals surface area contributed by atoms with Crippen molar-refractivity contribution in [1.82, 2.24) is 5.32 Å². The minimum absolute atomic E-state index is 0.0305. The smallest absolute Gasteiger partial charge is 0.223 e. The Bertz CT molecular complexity index is 466. The zero-order valence-corrected chi connectivity index (χ0v) is 14.1. The van der Waals surface area contributed by atoms with Gasteiger partial charge in [-0.05, 0) is 38.2 Å². The van der Waals surface area contributed by atoms with Crippen molar-refractivity contribution in [2.75, 3.05) is 6.54 Å². The van der Waals surface area contributed by atoms with E-state index >= 15 is 0 Å². The van der Waals surface area contributed by atoms with Gasteiger partial charge >= 0.3 is 0 Å². The van der Waals surface area contributed by atoms with Crippen molar-refractivity contribution in [2.24, 2.45) is 5.92 Å². The third-order valence-electron chi connectivity index (χ3n) is 3.83. The van der Waals surface area contributed by atoms with Gasteiger partial charge < -0.3 is 15.5 Å². The summed E-state index contributed by atoms with van der Waals surface area (Å²) in [5.41, 5.74) is -1.43. The summed E-state index contributed by atoms with van der Waals surface area (Å²) in [4.78, 5) is 12.0. The van der Waals surface area contributed by atoms with Crippen LogP contribution in [-0.4, -0.2) is 28.3 Å². The lowest BCUT2D eigenvalue weighted by atomic mass is 9.92. The Hall–Kier alpha value is -1.39. The van der Waals surface area contributed by atoms with E-state index in [9.17, 15) is 15.0 Å². The molecule has 1 aromatic carbocycles. The highest BCUT2D eigenvalue weighted by Gasteiger charge is 2.28. The maximum absolute atomic E-state index is 12.0. The predicted octanol–water partition coefficient (Wildman–Crippen LogP) is 2.59. The third kappa shape index (κ3) is 6.58. The number of amides is 1. The lowest BCUT2D eigenvalue weighted by Crippen LogP contribution is -2.42. The van der Waals surface area contributed by atoms with E-state index in [1.165, 1.54) is 0 Å². The molecule has 124 valence electrons. The topological polar surface area (TPSA) is 69.6 Å². The van der Waals surface area contributed by atoms with Crippen LogP contribution in [0, 0.1) is 5.92 Å². The number of hydrogen-bond acceptors (Lipinski definition) is 3. The molecule has 0 aliphatic carbocycles. The summed E-state index contributed by atoms with van der Waals surface area (Å²) in [6, 6.07) is 9.13. The molecule has 0 spiro atoms. The first kappa shape index (κ1) is 18.7. The minimum Gasteiger partial charge on any atom is -0.388 e. The molecular weight excluding hydrogens is 278 g/mol. The van der Waals surface area contributed by atoms with Gasteiger partial charge in [-0.15, -0.1) is 0 Å². The van der Waals surface area contributed by atoms with Crippen LogP contribution < -0.4 is 5.32 Å². The maximum atomic E-state index is 12.0. The number of carbonyl (C=O) groups is 1. The van der Waals surface area contributed by atoms with Gasteiger partial charge in [0.1, 0.15) is 0 Å². The average molecular weight is 307 g/mol. The molecule has 0 bridgehead atoms. The molecule has 1 amide bonds. The average Bonchev–Trinajstić information content (AvgIpc) is 2.44. The highest BCUT2D eigenvalue weighted by molar-refractivity contribution is 5.77. The molecule has 4 heteroatoms. The summed E-state index contributed by atoms with van der Waals surface area (Å²) in [5.74, 6) is 0.250. The second-order valence-electron chi connectivity index (χ2n) is 7.02. The zero-order chi connectivity index (χ0) is 16.8. The summed E-state index contributed by atoms with van der Waals surface area (Å²) in [6.07, 6.45) is 1.52. The molecule has 1 rings (SSSR count). The van der Waals surface area contributed by atoms with Gasteiger partial charge in [0, 0.05) is 6.54 Å². The minimum atomic E-state index is -1.21. The largest absolute Gasteiger partial charge is 0.388 e. The first-order chi connectivity index (χ1) is 10.1. The van der Waals surface area contributed by atoms with Crippen LogP contribution in [0.5, 0.6) is 0 Å². The van der Waals surface area contributed by atoms with Crippen molar-refractivity contribution in [1.29, 1.82) is 0 Å². The van der Waals surface area contributed by atoms with Gasteiger partial charge in [-0.2, -0.15) is 0 Å². The molecule has 0 saturated heterocycles. The van der Waals surface area contributed by atoms with Crippen LogP contribution in [0.1, 0.15) is 52.5 Å². The van der Waals surface area contributed by atoms with E-state index in [1.54, 1.807) is 26.0 Å². The molecule has 2 atom stereocenters. The lowest BCUT2D eigenvalue weighted by molar-refractivity contribution is -0.127. The molecule has 0 saturated carbocycles. The normalized spacial score (nSPS) is 16.9. The molecule has 2 unspecified atom stereocenters. The number of carbonyl (C=O) groups excluding carboxylic acids is 1. The number of benzene rings is 1. The van der Waals surface area contributed by atoms with Gasteiger partial charge in [-0.3, -0.25) is 4.79 Å². The second-order valence-corrected chi connectivity index (χ2v) is 7.02. The van der Waals surface area contributed by atoms with E-state index in [-0.39, 0.29) is 18.9 Å².